The summed E-state index contributed by atoms with van der Waals surface area (Å²) in [6, 6.07) is 4.05. The van der Waals surface area contributed by atoms with Crippen LogP contribution < -0.4 is 10.6 Å². The lowest BCUT2D eigenvalue weighted by molar-refractivity contribution is -0.383. The average Bonchev–Trinajstić information content (AvgIpc) is 2.53. The van der Waals surface area contributed by atoms with E-state index in [1.54, 1.807) is 13.1 Å². The lowest BCUT2D eigenvalue weighted by atomic mass is 10.2. The number of hydrogen-bond acceptors (Lipinski definition) is 6. The number of benzene rings is 1. The summed E-state index contributed by atoms with van der Waals surface area (Å²) in [5, 5.41) is 10.9. The highest BCUT2D eigenvalue weighted by Crippen LogP contribution is 2.27. The maximum absolute atomic E-state index is 12.6. The molecule has 0 radical (unpaired) electrons. The zero-order valence-corrected chi connectivity index (χ0v) is 12.7. The number of hydrogen-bond donors (Lipinski definition) is 1. The van der Waals surface area contributed by atoms with Crippen molar-refractivity contribution in [3.8, 4) is 0 Å². The molecule has 1 aliphatic rings. The van der Waals surface area contributed by atoms with E-state index < -0.39 is 4.92 Å². The first-order valence-electron chi connectivity index (χ1n) is 7.05. The quantitative estimate of drug-likeness (QED) is 0.503. The number of carbonyl (C=O) groups excluding carboxylic acids is 1. The molecule has 0 spiro atoms. The Morgan fingerprint density at radius 3 is 2.68 bits per heavy atom. The maximum Gasteiger partial charge on any atom is 0.294 e. The van der Waals surface area contributed by atoms with Gasteiger partial charge in [-0.25, -0.2) is 0 Å². The van der Waals surface area contributed by atoms with E-state index in [2.05, 4.69) is 0 Å². The predicted molar refractivity (Wildman–Crippen MR) is 82.8 cm³/mol. The highest BCUT2D eigenvalue weighted by molar-refractivity contribution is 5.97. The molecule has 0 unspecified atom stereocenters. The number of likely N-dealkylation sites (N-methyl/N-ethyl adjacent to an activating group) is 1. The molecule has 0 aliphatic carbocycles. The smallest absolute Gasteiger partial charge is 0.294 e. The molecule has 2 N–H and O–H groups in total. The first-order valence-corrected chi connectivity index (χ1v) is 7.05. The molecule has 8 nitrogen and oxygen atoms in total. The van der Waals surface area contributed by atoms with E-state index in [0.29, 0.717) is 32.0 Å². The molecule has 1 atom stereocenters. The molecule has 1 heterocycles. The number of amides is 1. The summed E-state index contributed by atoms with van der Waals surface area (Å²) in [5.74, 6) is -0.124. The van der Waals surface area contributed by atoms with Gasteiger partial charge in [-0.1, -0.05) is 0 Å². The molecule has 1 amide bonds. The molecule has 0 aromatic heterocycles. The Balaban J connectivity index is 2.16. The molecular formula is C14H20N4O4. The molecule has 1 aliphatic heterocycles. The van der Waals surface area contributed by atoms with E-state index in [1.807, 2.05) is 11.8 Å². The Hall–Kier alpha value is -2.19. The van der Waals surface area contributed by atoms with Crippen LogP contribution in [-0.2, 0) is 9.53 Å². The molecule has 1 fully saturated rings. The van der Waals surface area contributed by atoms with Crippen LogP contribution >= 0.6 is 0 Å². The second kappa shape index (κ2) is 6.71. The lowest BCUT2D eigenvalue weighted by Crippen LogP contribution is -2.50. The fourth-order valence-electron chi connectivity index (χ4n) is 2.43. The van der Waals surface area contributed by atoms with Gasteiger partial charge in [0.25, 0.3) is 5.69 Å². The first kappa shape index (κ1) is 16.2. The van der Waals surface area contributed by atoms with Gasteiger partial charge in [0.2, 0.25) is 5.91 Å². The SMILES string of the molecule is C[C@@H](C(=O)N(C)c1ccc(N)c([N+](=O)[O-])c1)N1CCOCC1. The topological polar surface area (TPSA) is 102 Å². The number of nitro groups is 1. The lowest BCUT2D eigenvalue weighted by Gasteiger charge is -2.33. The summed E-state index contributed by atoms with van der Waals surface area (Å²) in [7, 11) is 1.61. The predicted octanol–water partition coefficient (Wildman–Crippen LogP) is 0.860. The summed E-state index contributed by atoms with van der Waals surface area (Å²) in [6.45, 7) is 4.44. The van der Waals surface area contributed by atoms with Crippen molar-refractivity contribution in [1.82, 2.24) is 4.90 Å². The zero-order valence-electron chi connectivity index (χ0n) is 12.7. The van der Waals surface area contributed by atoms with Crippen LogP contribution in [0.3, 0.4) is 0 Å². The van der Waals surface area contributed by atoms with Crippen molar-refractivity contribution in [3.63, 3.8) is 0 Å². The molecule has 22 heavy (non-hydrogen) atoms. The minimum absolute atomic E-state index is 0.0795. The van der Waals surface area contributed by atoms with Gasteiger partial charge in [0.15, 0.2) is 0 Å². The number of carbonyl (C=O) groups is 1. The van der Waals surface area contributed by atoms with Gasteiger partial charge in [-0.3, -0.25) is 19.8 Å². The van der Waals surface area contributed by atoms with Crippen LogP contribution in [0.2, 0.25) is 0 Å². The third-order valence-corrected chi connectivity index (χ3v) is 3.88. The van der Waals surface area contributed by atoms with Crippen LogP contribution in [0, 0.1) is 10.1 Å². The molecule has 1 aromatic rings. The van der Waals surface area contributed by atoms with Crippen molar-refractivity contribution in [3.05, 3.63) is 28.3 Å². The molecule has 0 bridgehead atoms. The van der Waals surface area contributed by atoms with E-state index in [9.17, 15) is 14.9 Å². The van der Waals surface area contributed by atoms with Crippen molar-refractivity contribution in [2.45, 2.75) is 13.0 Å². The van der Waals surface area contributed by atoms with Gasteiger partial charge in [0.1, 0.15) is 5.69 Å². The van der Waals surface area contributed by atoms with Crippen molar-refractivity contribution in [1.29, 1.82) is 0 Å². The molecule has 1 saturated heterocycles. The molecule has 2 rings (SSSR count). The van der Waals surface area contributed by atoms with Crippen LogP contribution in [0.4, 0.5) is 17.1 Å². The standard InChI is InChI=1S/C14H20N4O4/c1-10(17-5-7-22-8-6-17)14(19)16(2)11-3-4-12(15)13(9-11)18(20)21/h3-4,9-10H,5-8,15H2,1-2H3/t10-/m0/s1. The fourth-order valence-corrected chi connectivity index (χ4v) is 2.43. The summed E-state index contributed by atoms with van der Waals surface area (Å²) in [5.41, 5.74) is 5.91. The van der Waals surface area contributed by atoms with Crippen LogP contribution in [-0.4, -0.2) is 55.1 Å². The van der Waals surface area contributed by atoms with E-state index in [-0.39, 0.29) is 23.3 Å². The second-order valence-electron chi connectivity index (χ2n) is 5.22. The van der Waals surface area contributed by atoms with Crippen molar-refractivity contribution in [2.24, 2.45) is 0 Å². The van der Waals surface area contributed by atoms with Crippen LogP contribution in [0.1, 0.15) is 6.92 Å². The molecular weight excluding hydrogens is 288 g/mol. The second-order valence-corrected chi connectivity index (χ2v) is 5.22. The van der Waals surface area contributed by atoms with E-state index >= 15 is 0 Å². The van der Waals surface area contributed by atoms with Crippen molar-refractivity contribution in [2.75, 3.05) is 44.0 Å². The number of rotatable bonds is 4. The first-order chi connectivity index (χ1) is 10.4. The van der Waals surface area contributed by atoms with Crippen molar-refractivity contribution < 1.29 is 14.5 Å². The van der Waals surface area contributed by atoms with Gasteiger partial charge >= 0.3 is 0 Å². The highest BCUT2D eigenvalue weighted by Gasteiger charge is 2.27. The minimum Gasteiger partial charge on any atom is -0.393 e. The van der Waals surface area contributed by atoms with E-state index in [0.717, 1.165) is 0 Å². The van der Waals surface area contributed by atoms with Crippen molar-refractivity contribution >= 4 is 23.0 Å². The average molecular weight is 308 g/mol. The van der Waals surface area contributed by atoms with Gasteiger partial charge < -0.3 is 15.4 Å². The maximum atomic E-state index is 12.6. The van der Waals surface area contributed by atoms with Gasteiger partial charge in [-0.05, 0) is 19.1 Å². The number of nitrogen functional groups attached to an aromatic ring is 1. The van der Waals surface area contributed by atoms with Gasteiger partial charge in [-0.15, -0.1) is 0 Å². The largest absolute Gasteiger partial charge is 0.393 e. The number of nitro benzene ring substituents is 1. The summed E-state index contributed by atoms with van der Waals surface area (Å²) in [6.07, 6.45) is 0. The van der Waals surface area contributed by atoms with Gasteiger partial charge in [0, 0.05) is 26.2 Å². The Kier molecular flexibility index (Phi) is 4.94. The van der Waals surface area contributed by atoms with Crippen LogP contribution in [0.5, 0.6) is 0 Å². The summed E-state index contributed by atoms with van der Waals surface area (Å²) in [4.78, 5) is 26.4. The number of morpholine rings is 1. The monoisotopic (exact) mass is 308 g/mol. The van der Waals surface area contributed by atoms with Crippen LogP contribution in [0.25, 0.3) is 0 Å². The Morgan fingerprint density at radius 2 is 2.09 bits per heavy atom. The summed E-state index contributed by atoms with van der Waals surface area (Å²) >= 11 is 0. The third-order valence-electron chi connectivity index (χ3n) is 3.88. The fraction of sp³-hybridized carbons (Fsp3) is 0.500. The normalized spacial score (nSPS) is 17.0. The van der Waals surface area contributed by atoms with Gasteiger partial charge in [0.05, 0.1) is 29.9 Å². The molecule has 1 aromatic carbocycles. The number of nitrogens with two attached hydrogens (primary N) is 1. The third kappa shape index (κ3) is 3.34. The molecule has 0 saturated carbocycles. The molecule has 8 heteroatoms. The highest BCUT2D eigenvalue weighted by atomic mass is 16.6. The number of anilines is 2. The Labute approximate surface area is 128 Å². The van der Waals surface area contributed by atoms with Gasteiger partial charge in [-0.2, -0.15) is 0 Å². The van der Waals surface area contributed by atoms with E-state index in [1.165, 1.54) is 17.0 Å². The number of ether oxygens (including phenoxy) is 1. The molecule has 120 valence electrons. The van der Waals surface area contributed by atoms with Crippen LogP contribution in [0.15, 0.2) is 18.2 Å². The van der Waals surface area contributed by atoms with E-state index in [4.69, 9.17) is 10.5 Å². The Morgan fingerprint density at radius 1 is 1.45 bits per heavy atom. The minimum atomic E-state index is -0.553. The summed E-state index contributed by atoms with van der Waals surface area (Å²) < 4.78 is 5.27. The Bertz CT molecular complexity index is 572. The number of nitrogens with zero attached hydrogens (tertiary/aromatic N) is 3. The zero-order chi connectivity index (χ0) is 16.3.